The highest BCUT2D eigenvalue weighted by Crippen LogP contribution is 2.27. The molecule has 5 heteroatoms. The van der Waals surface area contributed by atoms with Crippen molar-refractivity contribution < 1.29 is 23.4 Å². The first-order valence-electron chi connectivity index (χ1n) is 4.84. The summed E-state index contributed by atoms with van der Waals surface area (Å²) in [6.07, 6.45) is -7.18. The molecule has 0 aliphatic heterocycles. The van der Waals surface area contributed by atoms with Crippen LogP contribution in [0.1, 0.15) is 5.56 Å². The Labute approximate surface area is 91.3 Å². The highest BCUT2D eigenvalue weighted by Gasteiger charge is 2.43. The summed E-state index contributed by atoms with van der Waals surface area (Å²) in [7, 11) is 0. The maximum absolute atomic E-state index is 12.2. The van der Waals surface area contributed by atoms with Gasteiger partial charge in [0.05, 0.1) is 0 Å². The van der Waals surface area contributed by atoms with Gasteiger partial charge in [-0.3, -0.25) is 0 Å². The second-order valence-electron chi connectivity index (χ2n) is 3.62. The lowest BCUT2D eigenvalue weighted by atomic mass is 9.94. The lowest BCUT2D eigenvalue weighted by molar-refractivity contribution is -0.222. The van der Waals surface area contributed by atoms with Crippen LogP contribution in [0, 0.1) is 5.92 Å². The van der Waals surface area contributed by atoms with Crippen molar-refractivity contribution in [3.8, 4) is 0 Å². The summed E-state index contributed by atoms with van der Waals surface area (Å²) in [6.45, 7) is -0.699. The molecule has 2 N–H and O–H groups in total. The van der Waals surface area contributed by atoms with E-state index in [-0.39, 0.29) is 6.42 Å². The van der Waals surface area contributed by atoms with Gasteiger partial charge in [0.15, 0.2) is 6.10 Å². The van der Waals surface area contributed by atoms with Gasteiger partial charge < -0.3 is 10.2 Å². The van der Waals surface area contributed by atoms with Gasteiger partial charge in [-0.1, -0.05) is 30.3 Å². The van der Waals surface area contributed by atoms with Gasteiger partial charge in [-0.05, 0) is 12.0 Å². The number of hydrogen-bond acceptors (Lipinski definition) is 2. The Morgan fingerprint density at radius 2 is 1.69 bits per heavy atom. The molecule has 1 aromatic rings. The second kappa shape index (κ2) is 5.32. The van der Waals surface area contributed by atoms with E-state index in [0.29, 0.717) is 5.56 Å². The van der Waals surface area contributed by atoms with Gasteiger partial charge in [-0.25, -0.2) is 0 Å². The third-order valence-corrected chi connectivity index (χ3v) is 2.36. The molecule has 0 aliphatic carbocycles. The number of halogens is 3. The minimum Gasteiger partial charge on any atom is -0.396 e. The molecule has 0 saturated heterocycles. The quantitative estimate of drug-likeness (QED) is 0.833. The van der Waals surface area contributed by atoms with Crippen molar-refractivity contribution in [2.45, 2.75) is 18.7 Å². The topological polar surface area (TPSA) is 40.5 Å². The minimum atomic E-state index is -4.69. The van der Waals surface area contributed by atoms with Crippen LogP contribution >= 0.6 is 0 Å². The predicted molar refractivity (Wildman–Crippen MR) is 52.8 cm³/mol. The Kier molecular flexibility index (Phi) is 4.32. The normalized spacial score (nSPS) is 15.8. The van der Waals surface area contributed by atoms with Crippen molar-refractivity contribution in [1.29, 1.82) is 0 Å². The van der Waals surface area contributed by atoms with Gasteiger partial charge in [0.25, 0.3) is 0 Å². The van der Waals surface area contributed by atoms with Gasteiger partial charge in [0.1, 0.15) is 0 Å². The summed E-state index contributed by atoms with van der Waals surface area (Å²) in [5, 5.41) is 17.9. The zero-order valence-corrected chi connectivity index (χ0v) is 8.48. The maximum Gasteiger partial charge on any atom is 0.414 e. The molecule has 0 bridgehead atoms. The van der Waals surface area contributed by atoms with Crippen molar-refractivity contribution in [3.63, 3.8) is 0 Å². The van der Waals surface area contributed by atoms with E-state index < -0.39 is 24.8 Å². The van der Waals surface area contributed by atoms with Crippen LogP contribution in [-0.2, 0) is 6.42 Å². The molecule has 1 aromatic carbocycles. The number of aliphatic hydroxyl groups is 2. The van der Waals surface area contributed by atoms with Crippen LogP contribution in [0.5, 0.6) is 0 Å². The number of alkyl halides is 3. The molecule has 0 aromatic heterocycles. The molecule has 0 spiro atoms. The summed E-state index contributed by atoms with van der Waals surface area (Å²) in [5.74, 6) is -1.22. The molecule has 0 unspecified atom stereocenters. The zero-order chi connectivity index (χ0) is 12.2. The van der Waals surface area contributed by atoms with E-state index in [1.807, 2.05) is 0 Å². The van der Waals surface area contributed by atoms with Crippen LogP contribution in [0.2, 0.25) is 0 Å². The van der Waals surface area contributed by atoms with Crippen LogP contribution in [0.15, 0.2) is 30.3 Å². The number of benzene rings is 1. The number of hydrogen-bond donors (Lipinski definition) is 2. The highest BCUT2D eigenvalue weighted by molar-refractivity contribution is 5.15. The predicted octanol–water partition coefficient (Wildman–Crippen LogP) is 1.76. The van der Waals surface area contributed by atoms with Crippen LogP contribution in [0.4, 0.5) is 13.2 Å². The first-order valence-corrected chi connectivity index (χ1v) is 4.84. The second-order valence-corrected chi connectivity index (χ2v) is 3.62. The van der Waals surface area contributed by atoms with E-state index in [4.69, 9.17) is 10.2 Å². The van der Waals surface area contributed by atoms with Crippen molar-refractivity contribution in [2.75, 3.05) is 6.61 Å². The molecule has 0 amide bonds. The van der Waals surface area contributed by atoms with Crippen molar-refractivity contribution >= 4 is 0 Å². The molecule has 0 saturated carbocycles. The number of rotatable bonds is 4. The summed E-state index contributed by atoms with van der Waals surface area (Å²) in [5.41, 5.74) is 0.657. The average Bonchev–Trinajstić information content (AvgIpc) is 2.25. The van der Waals surface area contributed by atoms with Crippen LogP contribution < -0.4 is 0 Å². The van der Waals surface area contributed by atoms with E-state index in [2.05, 4.69) is 0 Å². The van der Waals surface area contributed by atoms with Crippen LogP contribution in [0.25, 0.3) is 0 Å². The zero-order valence-electron chi connectivity index (χ0n) is 8.48. The molecule has 16 heavy (non-hydrogen) atoms. The Morgan fingerprint density at radius 3 is 2.12 bits per heavy atom. The first-order chi connectivity index (χ1) is 7.45. The Balaban J connectivity index is 2.70. The van der Waals surface area contributed by atoms with Crippen LogP contribution in [0.3, 0.4) is 0 Å². The molecule has 2 nitrogen and oxygen atoms in total. The summed E-state index contributed by atoms with van der Waals surface area (Å²) in [4.78, 5) is 0. The summed E-state index contributed by atoms with van der Waals surface area (Å²) < 4.78 is 36.7. The Hall–Kier alpha value is -1.07. The third-order valence-electron chi connectivity index (χ3n) is 2.36. The molecular weight excluding hydrogens is 221 g/mol. The molecule has 0 aliphatic rings. The smallest absolute Gasteiger partial charge is 0.396 e. The Morgan fingerprint density at radius 1 is 1.12 bits per heavy atom. The first kappa shape index (κ1) is 13.0. The third kappa shape index (κ3) is 3.50. The maximum atomic E-state index is 12.2. The standard InChI is InChI=1S/C11H13F3O2/c12-11(13,14)10(16)9(7-15)6-8-4-2-1-3-5-8/h1-5,9-10,15-16H,6-7H2/t9-,10+/m1/s1. The molecule has 0 radical (unpaired) electrons. The number of aliphatic hydroxyl groups excluding tert-OH is 2. The largest absolute Gasteiger partial charge is 0.414 e. The fraction of sp³-hybridized carbons (Fsp3) is 0.455. The highest BCUT2D eigenvalue weighted by atomic mass is 19.4. The summed E-state index contributed by atoms with van der Waals surface area (Å²) in [6, 6.07) is 8.46. The molecule has 1 rings (SSSR count). The Bertz CT molecular complexity index is 311. The van der Waals surface area contributed by atoms with E-state index in [9.17, 15) is 13.2 Å². The van der Waals surface area contributed by atoms with Crippen molar-refractivity contribution in [1.82, 2.24) is 0 Å². The SMILES string of the molecule is OC[C@@H](Cc1ccccc1)[C@H](O)C(F)(F)F. The van der Waals surface area contributed by atoms with Gasteiger partial charge in [-0.2, -0.15) is 13.2 Å². The van der Waals surface area contributed by atoms with E-state index in [1.54, 1.807) is 30.3 Å². The van der Waals surface area contributed by atoms with Gasteiger partial charge in [0, 0.05) is 12.5 Å². The molecular formula is C11H13F3O2. The van der Waals surface area contributed by atoms with Gasteiger partial charge >= 0.3 is 6.18 Å². The fourth-order valence-corrected chi connectivity index (χ4v) is 1.46. The molecule has 2 atom stereocenters. The van der Waals surface area contributed by atoms with E-state index >= 15 is 0 Å². The molecule has 0 fully saturated rings. The lowest BCUT2D eigenvalue weighted by Gasteiger charge is -2.23. The van der Waals surface area contributed by atoms with E-state index in [0.717, 1.165) is 0 Å². The minimum absolute atomic E-state index is 0.00197. The lowest BCUT2D eigenvalue weighted by Crippen LogP contribution is -2.38. The molecule has 0 heterocycles. The van der Waals surface area contributed by atoms with Gasteiger partial charge in [0.2, 0.25) is 0 Å². The average molecular weight is 234 g/mol. The van der Waals surface area contributed by atoms with E-state index in [1.165, 1.54) is 0 Å². The monoisotopic (exact) mass is 234 g/mol. The summed E-state index contributed by atoms with van der Waals surface area (Å²) >= 11 is 0. The van der Waals surface area contributed by atoms with Gasteiger partial charge in [-0.15, -0.1) is 0 Å². The van der Waals surface area contributed by atoms with Crippen molar-refractivity contribution in [2.24, 2.45) is 5.92 Å². The fourth-order valence-electron chi connectivity index (χ4n) is 1.46. The molecule has 90 valence electrons. The van der Waals surface area contributed by atoms with Crippen LogP contribution in [-0.4, -0.2) is 29.1 Å². The van der Waals surface area contributed by atoms with Crippen molar-refractivity contribution in [3.05, 3.63) is 35.9 Å².